The summed E-state index contributed by atoms with van der Waals surface area (Å²) in [5.41, 5.74) is 0.367. The molecule has 1 atom stereocenters. The Kier molecular flexibility index (Phi) is 5.35. The molecule has 1 unspecified atom stereocenters. The molecule has 17 heavy (non-hydrogen) atoms. The van der Waals surface area contributed by atoms with Gasteiger partial charge in [-0.15, -0.1) is 0 Å². The van der Waals surface area contributed by atoms with Crippen LogP contribution in [0.3, 0.4) is 0 Å². The first-order chi connectivity index (χ1) is 8.07. The molecule has 1 rings (SSSR count). The van der Waals surface area contributed by atoms with Gasteiger partial charge >= 0.3 is 0 Å². The van der Waals surface area contributed by atoms with Crippen LogP contribution < -0.4 is 0 Å². The predicted molar refractivity (Wildman–Crippen MR) is 72.7 cm³/mol. The molecule has 0 bridgehead atoms. The first-order valence-electron chi connectivity index (χ1n) is 5.62. The normalized spacial score (nSPS) is 12.2. The molecule has 1 aromatic carbocycles. The van der Waals surface area contributed by atoms with Crippen molar-refractivity contribution in [3.8, 4) is 5.75 Å². The van der Waals surface area contributed by atoms with Crippen molar-refractivity contribution in [1.82, 2.24) is 4.90 Å². The minimum absolute atomic E-state index is 0.0430. The number of amides is 1. The fourth-order valence-electron chi connectivity index (χ4n) is 1.53. The quantitative estimate of drug-likeness (QED) is 0.877. The zero-order valence-electron chi connectivity index (χ0n) is 10.5. The van der Waals surface area contributed by atoms with Crippen molar-refractivity contribution in [2.75, 3.05) is 19.1 Å². The summed E-state index contributed by atoms with van der Waals surface area (Å²) < 4.78 is 0. The lowest BCUT2D eigenvalue weighted by Crippen LogP contribution is -2.35. The first kappa shape index (κ1) is 13.9. The van der Waals surface area contributed by atoms with Gasteiger partial charge in [0.25, 0.3) is 5.91 Å². The van der Waals surface area contributed by atoms with Crippen LogP contribution in [0.1, 0.15) is 23.7 Å². The predicted octanol–water partition coefficient (Wildman–Crippen LogP) is 2.61. The van der Waals surface area contributed by atoms with Gasteiger partial charge in [-0.3, -0.25) is 4.79 Å². The van der Waals surface area contributed by atoms with Gasteiger partial charge in [0.2, 0.25) is 0 Å². The fraction of sp³-hybridized carbons (Fsp3) is 0.462. The lowest BCUT2D eigenvalue weighted by atomic mass is 10.1. The Hall–Kier alpha value is -1.16. The lowest BCUT2D eigenvalue weighted by Gasteiger charge is -2.25. The fourth-order valence-corrected chi connectivity index (χ4v) is 2.10. The number of hydrogen-bond acceptors (Lipinski definition) is 3. The number of para-hydroxylation sites is 1. The monoisotopic (exact) mass is 253 g/mol. The summed E-state index contributed by atoms with van der Waals surface area (Å²) in [7, 11) is 1.78. The van der Waals surface area contributed by atoms with Gasteiger partial charge in [0.05, 0.1) is 5.56 Å². The number of phenols is 1. The van der Waals surface area contributed by atoms with Crippen molar-refractivity contribution < 1.29 is 9.90 Å². The van der Waals surface area contributed by atoms with Crippen LogP contribution in [0.5, 0.6) is 5.75 Å². The highest BCUT2D eigenvalue weighted by atomic mass is 32.2. The molecule has 0 fully saturated rings. The van der Waals surface area contributed by atoms with Crippen LogP contribution in [0.4, 0.5) is 0 Å². The van der Waals surface area contributed by atoms with Crippen molar-refractivity contribution >= 4 is 17.7 Å². The smallest absolute Gasteiger partial charge is 0.257 e. The Morgan fingerprint density at radius 3 is 2.71 bits per heavy atom. The minimum Gasteiger partial charge on any atom is -0.507 e. The number of carbonyl (C=O) groups is 1. The number of benzene rings is 1. The second-order valence-electron chi connectivity index (χ2n) is 4.06. The largest absolute Gasteiger partial charge is 0.507 e. The summed E-state index contributed by atoms with van der Waals surface area (Å²) in [6.45, 7) is 2.02. The van der Waals surface area contributed by atoms with Gasteiger partial charge in [0.1, 0.15) is 5.75 Å². The van der Waals surface area contributed by atoms with Crippen LogP contribution >= 0.6 is 11.8 Å². The topological polar surface area (TPSA) is 40.5 Å². The van der Waals surface area contributed by atoms with Crippen LogP contribution in [0, 0.1) is 0 Å². The van der Waals surface area contributed by atoms with E-state index in [1.54, 1.807) is 41.9 Å². The number of aromatic hydroxyl groups is 1. The molecular formula is C13H19NO2S. The summed E-state index contributed by atoms with van der Waals surface area (Å²) >= 11 is 1.77. The Morgan fingerprint density at radius 1 is 1.47 bits per heavy atom. The Balaban J connectivity index is 2.73. The molecule has 0 heterocycles. The molecule has 94 valence electrons. The van der Waals surface area contributed by atoms with E-state index in [1.807, 2.05) is 6.92 Å². The molecule has 0 aliphatic heterocycles. The van der Waals surface area contributed by atoms with Gasteiger partial charge in [-0.25, -0.2) is 0 Å². The zero-order valence-corrected chi connectivity index (χ0v) is 11.3. The number of hydrogen-bond donors (Lipinski definition) is 1. The molecular weight excluding hydrogens is 234 g/mol. The third-order valence-corrected chi connectivity index (χ3v) is 3.50. The van der Waals surface area contributed by atoms with E-state index < -0.39 is 0 Å². The Labute approximate surface area is 107 Å². The summed E-state index contributed by atoms with van der Waals surface area (Å²) in [6, 6.07) is 6.83. The van der Waals surface area contributed by atoms with Crippen LogP contribution in [0.15, 0.2) is 24.3 Å². The van der Waals surface area contributed by atoms with E-state index >= 15 is 0 Å². The highest BCUT2D eigenvalue weighted by Gasteiger charge is 2.19. The molecule has 1 N–H and O–H groups in total. The van der Waals surface area contributed by atoms with Gasteiger partial charge in [-0.1, -0.05) is 12.1 Å². The van der Waals surface area contributed by atoms with Crippen LogP contribution in [0.2, 0.25) is 0 Å². The van der Waals surface area contributed by atoms with Crippen LogP contribution in [-0.2, 0) is 0 Å². The number of carbonyl (C=O) groups excluding carboxylic acids is 1. The summed E-state index contributed by atoms with van der Waals surface area (Å²) in [4.78, 5) is 13.8. The molecule has 0 aliphatic rings. The lowest BCUT2D eigenvalue weighted by molar-refractivity contribution is 0.0738. The van der Waals surface area contributed by atoms with Crippen LogP contribution in [0.25, 0.3) is 0 Å². The van der Waals surface area contributed by atoms with E-state index in [0.29, 0.717) is 5.56 Å². The van der Waals surface area contributed by atoms with E-state index in [1.165, 1.54) is 6.07 Å². The van der Waals surface area contributed by atoms with Crippen LogP contribution in [-0.4, -0.2) is 41.0 Å². The molecule has 4 heteroatoms. The molecule has 0 aliphatic carbocycles. The minimum atomic E-state index is -0.128. The summed E-state index contributed by atoms with van der Waals surface area (Å²) in [5, 5.41) is 9.64. The first-order valence-corrected chi connectivity index (χ1v) is 7.01. The molecule has 0 aromatic heterocycles. The van der Waals surface area contributed by atoms with E-state index in [0.717, 1.165) is 12.2 Å². The van der Waals surface area contributed by atoms with Gasteiger partial charge in [0, 0.05) is 13.1 Å². The molecule has 0 radical (unpaired) electrons. The number of rotatable bonds is 5. The number of thioether (sulfide) groups is 1. The van der Waals surface area contributed by atoms with Gasteiger partial charge < -0.3 is 10.0 Å². The second-order valence-corrected chi connectivity index (χ2v) is 5.05. The van der Waals surface area contributed by atoms with Crippen molar-refractivity contribution in [2.24, 2.45) is 0 Å². The SMILES string of the molecule is CSCCC(C)N(C)C(=O)c1ccccc1O. The maximum Gasteiger partial charge on any atom is 0.257 e. The van der Waals surface area contributed by atoms with E-state index in [4.69, 9.17) is 0 Å². The maximum atomic E-state index is 12.1. The van der Waals surface area contributed by atoms with Gasteiger partial charge in [-0.2, -0.15) is 11.8 Å². The Morgan fingerprint density at radius 2 is 2.12 bits per heavy atom. The molecule has 3 nitrogen and oxygen atoms in total. The van der Waals surface area contributed by atoms with E-state index in [2.05, 4.69) is 6.26 Å². The molecule has 0 saturated heterocycles. The zero-order chi connectivity index (χ0) is 12.8. The molecule has 0 spiro atoms. The van der Waals surface area contributed by atoms with Crippen molar-refractivity contribution in [2.45, 2.75) is 19.4 Å². The third-order valence-electron chi connectivity index (χ3n) is 2.86. The highest BCUT2D eigenvalue weighted by molar-refractivity contribution is 7.98. The molecule has 1 aromatic rings. The average molecular weight is 253 g/mol. The molecule has 0 saturated carbocycles. The van der Waals surface area contributed by atoms with Crippen molar-refractivity contribution in [3.05, 3.63) is 29.8 Å². The third kappa shape index (κ3) is 3.66. The standard InChI is InChI=1S/C13H19NO2S/c1-10(8-9-17-3)14(2)13(16)11-6-4-5-7-12(11)15/h4-7,10,15H,8-9H2,1-3H3. The maximum absolute atomic E-state index is 12.1. The Bertz CT molecular complexity index is 381. The number of nitrogens with zero attached hydrogens (tertiary/aromatic N) is 1. The summed E-state index contributed by atoms with van der Waals surface area (Å²) in [6.07, 6.45) is 3.01. The molecule has 1 amide bonds. The second kappa shape index (κ2) is 6.55. The summed E-state index contributed by atoms with van der Waals surface area (Å²) in [5.74, 6) is 0.942. The van der Waals surface area contributed by atoms with Crippen molar-refractivity contribution in [3.63, 3.8) is 0 Å². The number of phenolic OH excluding ortho intramolecular Hbond substituents is 1. The highest BCUT2D eigenvalue weighted by Crippen LogP contribution is 2.19. The van der Waals surface area contributed by atoms with E-state index in [-0.39, 0.29) is 17.7 Å². The average Bonchev–Trinajstić information content (AvgIpc) is 2.34. The van der Waals surface area contributed by atoms with Gasteiger partial charge in [0.15, 0.2) is 0 Å². The van der Waals surface area contributed by atoms with Gasteiger partial charge in [-0.05, 0) is 37.5 Å². The van der Waals surface area contributed by atoms with E-state index in [9.17, 15) is 9.90 Å². The van der Waals surface area contributed by atoms with Crippen molar-refractivity contribution in [1.29, 1.82) is 0 Å².